The molecule has 116 valence electrons. The second-order valence-corrected chi connectivity index (χ2v) is 6.39. The maximum atomic E-state index is 11.0. The Bertz CT molecular complexity index is 469. The SMILES string of the molecule is CCC1CCC(NCc2ccc(C(C)C(=O)O)cc2)C1C. The lowest BCUT2D eigenvalue weighted by molar-refractivity contribution is -0.138. The van der Waals surface area contributed by atoms with E-state index in [-0.39, 0.29) is 0 Å². The number of carboxylic acid groups (broad SMARTS) is 1. The first-order chi connectivity index (χ1) is 10.0. The molecular weight excluding hydrogens is 262 g/mol. The summed E-state index contributed by atoms with van der Waals surface area (Å²) in [6.07, 6.45) is 3.89. The number of hydrogen-bond donors (Lipinski definition) is 2. The molecule has 2 N–H and O–H groups in total. The average molecular weight is 289 g/mol. The van der Waals surface area contributed by atoms with E-state index in [2.05, 4.69) is 19.2 Å². The minimum atomic E-state index is -0.772. The van der Waals surface area contributed by atoms with E-state index in [1.807, 2.05) is 24.3 Å². The van der Waals surface area contributed by atoms with Crippen molar-refractivity contribution in [1.29, 1.82) is 0 Å². The summed E-state index contributed by atoms with van der Waals surface area (Å²) in [5, 5.41) is 12.7. The molecule has 0 aromatic heterocycles. The third kappa shape index (κ3) is 3.85. The third-order valence-corrected chi connectivity index (χ3v) is 5.17. The van der Waals surface area contributed by atoms with E-state index in [1.54, 1.807) is 6.92 Å². The molecule has 4 unspecified atom stereocenters. The molecule has 4 atom stereocenters. The Morgan fingerprint density at radius 1 is 1.33 bits per heavy atom. The molecule has 1 fully saturated rings. The van der Waals surface area contributed by atoms with Crippen LogP contribution in [-0.4, -0.2) is 17.1 Å². The summed E-state index contributed by atoms with van der Waals surface area (Å²) < 4.78 is 0. The first-order valence-electron chi connectivity index (χ1n) is 8.08. The van der Waals surface area contributed by atoms with Crippen molar-refractivity contribution in [1.82, 2.24) is 5.32 Å². The van der Waals surface area contributed by atoms with Crippen LogP contribution in [0.25, 0.3) is 0 Å². The van der Waals surface area contributed by atoms with Crippen molar-refractivity contribution in [2.75, 3.05) is 0 Å². The molecular formula is C18H27NO2. The summed E-state index contributed by atoms with van der Waals surface area (Å²) in [6.45, 7) is 7.23. The summed E-state index contributed by atoms with van der Waals surface area (Å²) in [4.78, 5) is 11.0. The average Bonchev–Trinajstić information content (AvgIpc) is 2.85. The van der Waals surface area contributed by atoms with Crippen molar-refractivity contribution in [2.45, 2.75) is 58.5 Å². The van der Waals surface area contributed by atoms with Crippen LogP contribution in [0.15, 0.2) is 24.3 Å². The normalized spacial score (nSPS) is 26.7. The van der Waals surface area contributed by atoms with E-state index >= 15 is 0 Å². The standard InChI is InChI=1S/C18H27NO2/c1-4-15-9-10-17(12(15)2)19-11-14-5-7-16(8-6-14)13(3)18(20)21/h5-8,12-13,15,17,19H,4,9-11H2,1-3H3,(H,20,21). The van der Waals surface area contributed by atoms with Crippen LogP contribution in [0.2, 0.25) is 0 Å². The first kappa shape index (κ1) is 16.0. The Morgan fingerprint density at radius 3 is 2.52 bits per heavy atom. The fraction of sp³-hybridized carbons (Fsp3) is 0.611. The molecule has 3 heteroatoms. The maximum Gasteiger partial charge on any atom is 0.310 e. The van der Waals surface area contributed by atoms with E-state index in [4.69, 9.17) is 5.11 Å². The van der Waals surface area contributed by atoms with Crippen molar-refractivity contribution in [3.05, 3.63) is 35.4 Å². The Hall–Kier alpha value is -1.35. The minimum Gasteiger partial charge on any atom is -0.481 e. The molecule has 0 radical (unpaired) electrons. The topological polar surface area (TPSA) is 49.3 Å². The molecule has 1 aliphatic carbocycles. The van der Waals surface area contributed by atoms with Gasteiger partial charge in [0.2, 0.25) is 0 Å². The van der Waals surface area contributed by atoms with Gasteiger partial charge in [-0.05, 0) is 42.7 Å². The zero-order chi connectivity index (χ0) is 15.4. The molecule has 1 aromatic carbocycles. The minimum absolute atomic E-state index is 0.438. The molecule has 3 nitrogen and oxygen atoms in total. The zero-order valence-electron chi connectivity index (χ0n) is 13.3. The Labute approximate surface area is 127 Å². The smallest absolute Gasteiger partial charge is 0.310 e. The zero-order valence-corrected chi connectivity index (χ0v) is 13.3. The van der Waals surface area contributed by atoms with Crippen LogP contribution in [-0.2, 0) is 11.3 Å². The van der Waals surface area contributed by atoms with Gasteiger partial charge in [0.15, 0.2) is 0 Å². The van der Waals surface area contributed by atoms with Crippen LogP contribution >= 0.6 is 0 Å². The van der Waals surface area contributed by atoms with Crippen LogP contribution in [0.1, 0.15) is 57.1 Å². The molecule has 0 spiro atoms. The second kappa shape index (κ2) is 7.08. The molecule has 2 rings (SSSR count). The third-order valence-electron chi connectivity index (χ3n) is 5.17. The maximum absolute atomic E-state index is 11.0. The second-order valence-electron chi connectivity index (χ2n) is 6.39. The predicted octanol–water partition coefficient (Wildman–Crippen LogP) is 3.79. The quantitative estimate of drug-likeness (QED) is 0.837. The summed E-state index contributed by atoms with van der Waals surface area (Å²) in [5.41, 5.74) is 2.09. The fourth-order valence-electron chi connectivity index (χ4n) is 3.43. The van der Waals surface area contributed by atoms with Gasteiger partial charge in [0.05, 0.1) is 5.92 Å². The van der Waals surface area contributed by atoms with Gasteiger partial charge in [-0.1, -0.05) is 44.5 Å². The highest BCUT2D eigenvalue weighted by atomic mass is 16.4. The van der Waals surface area contributed by atoms with Crippen LogP contribution in [0.3, 0.4) is 0 Å². The Kier molecular flexibility index (Phi) is 5.40. The highest BCUT2D eigenvalue weighted by molar-refractivity contribution is 5.75. The van der Waals surface area contributed by atoms with Gasteiger partial charge in [0.1, 0.15) is 0 Å². The fourth-order valence-corrected chi connectivity index (χ4v) is 3.43. The summed E-state index contributed by atoms with van der Waals surface area (Å²) >= 11 is 0. The van der Waals surface area contributed by atoms with Crippen LogP contribution in [0.4, 0.5) is 0 Å². The van der Waals surface area contributed by atoms with Crippen LogP contribution in [0.5, 0.6) is 0 Å². The van der Waals surface area contributed by atoms with Crippen molar-refractivity contribution in [2.24, 2.45) is 11.8 Å². The largest absolute Gasteiger partial charge is 0.481 e. The Balaban J connectivity index is 1.88. The van der Waals surface area contributed by atoms with E-state index in [0.29, 0.717) is 6.04 Å². The van der Waals surface area contributed by atoms with Gasteiger partial charge in [-0.25, -0.2) is 0 Å². The van der Waals surface area contributed by atoms with Gasteiger partial charge in [-0.3, -0.25) is 4.79 Å². The molecule has 0 amide bonds. The number of benzene rings is 1. The number of carboxylic acids is 1. The number of carbonyl (C=O) groups is 1. The van der Waals surface area contributed by atoms with Crippen molar-refractivity contribution in [3.8, 4) is 0 Å². The number of rotatable bonds is 6. The van der Waals surface area contributed by atoms with Gasteiger partial charge >= 0.3 is 5.97 Å². The molecule has 1 aliphatic rings. The lowest BCUT2D eigenvalue weighted by Crippen LogP contribution is -2.32. The van der Waals surface area contributed by atoms with E-state index in [0.717, 1.165) is 23.9 Å². The predicted molar refractivity (Wildman–Crippen MR) is 85.3 cm³/mol. The van der Waals surface area contributed by atoms with E-state index < -0.39 is 11.9 Å². The van der Waals surface area contributed by atoms with Gasteiger partial charge < -0.3 is 10.4 Å². The summed E-state index contributed by atoms with van der Waals surface area (Å²) in [5.74, 6) is 0.404. The molecule has 0 bridgehead atoms. The van der Waals surface area contributed by atoms with Crippen molar-refractivity contribution < 1.29 is 9.90 Å². The molecule has 0 aliphatic heterocycles. The molecule has 0 saturated heterocycles. The number of hydrogen-bond acceptors (Lipinski definition) is 2. The monoisotopic (exact) mass is 289 g/mol. The highest BCUT2D eigenvalue weighted by Crippen LogP contribution is 2.34. The molecule has 1 saturated carbocycles. The number of aliphatic carboxylic acids is 1. The lowest BCUT2D eigenvalue weighted by atomic mass is 9.93. The van der Waals surface area contributed by atoms with Crippen molar-refractivity contribution >= 4 is 5.97 Å². The van der Waals surface area contributed by atoms with Gasteiger partial charge in [0.25, 0.3) is 0 Å². The van der Waals surface area contributed by atoms with Gasteiger partial charge in [-0.15, -0.1) is 0 Å². The lowest BCUT2D eigenvalue weighted by Gasteiger charge is -2.21. The summed E-state index contributed by atoms with van der Waals surface area (Å²) in [7, 11) is 0. The molecule has 1 aromatic rings. The van der Waals surface area contributed by atoms with Crippen LogP contribution < -0.4 is 5.32 Å². The van der Waals surface area contributed by atoms with E-state index in [1.165, 1.54) is 24.8 Å². The molecule has 0 heterocycles. The summed E-state index contributed by atoms with van der Waals surface area (Å²) in [6, 6.07) is 8.57. The first-order valence-corrected chi connectivity index (χ1v) is 8.08. The highest BCUT2D eigenvalue weighted by Gasteiger charge is 2.30. The Morgan fingerprint density at radius 2 is 2.00 bits per heavy atom. The van der Waals surface area contributed by atoms with Gasteiger partial charge in [-0.2, -0.15) is 0 Å². The molecule has 21 heavy (non-hydrogen) atoms. The van der Waals surface area contributed by atoms with Crippen molar-refractivity contribution in [3.63, 3.8) is 0 Å². The number of nitrogens with one attached hydrogen (secondary N) is 1. The van der Waals surface area contributed by atoms with Gasteiger partial charge in [0, 0.05) is 12.6 Å². The van der Waals surface area contributed by atoms with E-state index in [9.17, 15) is 4.79 Å². The van der Waals surface area contributed by atoms with Crippen LogP contribution in [0, 0.1) is 11.8 Å².